The molecule has 118 valence electrons. The van der Waals surface area contributed by atoms with Gasteiger partial charge in [-0.25, -0.2) is 0 Å². The van der Waals surface area contributed by atoms with E-state index in [0.29, 0.717) is 16.3 Å². The maximum Gasteiger partial charge on any atom is 0.101 e. The van der Waals surface area contributed by atoms with E-state index in [1.54, 1.807) is 24.4 Å². The second kappa shape index (κ2) is 7.16. The van der Waals surface area contributed by atoms with E-state index >= 15 is 0 Å². The molecular formula is C20H16ClN3. The van der Waals surface area contributed by atoms with Crippen molar-refractivity contribution in [3.8, 4) is 6.07 Å². The number of nitrogens with zero attached hydrogens (tertiary/aromatic N) is 2. The van der Waals surface area contributed by atoms with E-state index in [0.717, 1.165) is 11.3 Å². The summed E-state index contributed by atoms with van der Waals surface area (Å²) >= 11 is 6.11. The largest absolute Gasteiger partial charge is 0.372 e. The number of hydrogen-bond acceptors (Lipinski definition) is 3. The van der Waals surface area contributed by atoms with Gasteiger partial charge in [0.15, 0.2) is 0 Å². The van der Waals surface area contributed by atoms with Crippen LogP contribution < -0.4 is 5.32 Å². The van der Waals surface area contributed by atoms with Gasteiger partial charge >= 0.3 is 0 Å². The predicted octanol–water partition coefficient (Wildman–Crippen LogP) is 5.12. The van der Waals surface area contributed by atoms with Gasteiger partial charge < -0.3 is 5.32 Å². The molecule has 0 bridgehead atoms. The van der Waals surface area contributed by atoms with Gasteiger partial charge in [0.2, 0.25) is 0 Å². The maximum atomic E-state index is 9.36. The molecule has 1 atom stereocenters. The van der Waals surface area contributed by atoms with Crippen molar-refractivity contribution in [3.05, 3.63) is 94.3 Å². The molecule has 0 amide bonds. The van der Waals surface area contributed by atoms with E-state index in [-0.39, 0.29) is 6.04 Å². The van der Waals surface area contributed by atoms with Crippen molar-refractivity contribution < 1.29 is 0 Å². The number of nitriles is 1. The molecule has 1 aromatic heterocycles. The summed E-state index contributed by atoms with van der Waals surface area (Å²) in [5.41, 5.74) is 4.38. The van der Waals surface area contributed by atoms with Gasteiger partial charge in [-0.1, -0.05) is 47.5 Å². The van der Waals surface area contributed by atoms with Gasteiger partial charge in [-0.05, 0) is 42.8 Å². The molecule has 2 aromatic carbocycles. The topological polar surface area (TPSA) is 48.7 Å². The summed E-state index contributed by atoms with van der Waals surface area (Å²) in [6.45, 7) is 2.05. The highest BCUT2D eigenvalue weighted by Crippen LogP contribution is 2.29. The fraction of sp³-hybridized carbons (Fsp3) is 0.100. The first-order valence-electron chi connectivity index (χ1n) is 7.61. The second-order valence-electron chi connectivity index (χ2n) is 5.55. The normalized spacial score (nSPS) is 11.5. The number of anilines is 1. The Morgan fingerprint density at radius 2 is 1.96 bits per heavy atom. The zero-order valence-corrected chi connectivity index (χ0v) is 14.0. The van der Waals surface area contributed by atoms with Crippen LogP contribution in [-0.2, 0) is 0 Å². The van der Waals surface area contributed by atoms with Gasteiger partial charge in [-0.15, -0.1) is 0 Å². The fourth-order valence-electron chi connectivity index (χ4n) is 2.61. The summed E-state index contributed by atoms with van der Waals surface area (Å²) in [6, 6.07) is 21.3. The number of halogens is 1. The van der Waals surface area contributed by atoms with Crippen molar-refractivity contribution in [2.45, 2.75) is 13.0 Å². The minimum atomic E-state index is -0.170. The van der Waals surface area contributed by atoms with E-state index < -0.39 is 0 Å². The van der Waals surface area contributed by atoms with Crippen molar-refractivity contribution in [2.24, 2.45) is 0 Å². The highest BCUT2D eigenvalue weighted by atomic mass is 35.5. The van der Waals surface area contributed by atoms with Gasteiger partial charge in [0.05, 0.1) is 23.0 Å². The van der Waals surface area contributed by atoms with Gasteiger partial charge in [0.25, 0.3) is 0 Å². The lowest BCUT2D eigenvalue weighted by molar-refractivity contribution is 0.884. The highest BCUT2D eigenvalue weighted by molar-refractivity contribution is 6.30. The minimum Gasteiger partial charge on any atom is -0.372 e. The third-order valence-electron chi connectivity index (χ3n) is 3.76. The average molecular weight is 334 g/mol. The Kier molecular flexibility index (Phi) is 4.79. The number of rotatable bonds is 4. The first-order valence-corrected chi connectivity index (χ1v) is 7.99. The third kappa shape index (κ3) is 3.56. The van der Waals surface area contributed by atoms with Crippen LogP contribution in [0, 0.1) is 18.3 Å². The Labute approximate surface area is 146 Å². The van der Waals surface area contributed by atoms with Crippen LogP contribution in [0.1, 0.15) is 28.4 Å². The van der Waals surface area contributed by atoms with Crippen molar-refractivity contribution in [3.63, 3.8) is 0 Å². The fourth-order valence-corrected chi connectivity index (χ4v) is 2.79. The molecule has 3 aromatic rings. The lowest BCUT2D eigenvalue weighted by atomic mass is 10.00. The van der Waals surface area contributed by atoms with Crippen LogP contribution in [0.5, 0.6) is 0 Å². The van der Waals surface area contributed by atoms with Gasteiger partial charge in [-0.3, -0.25) is 4.98 Å². The van der Waals surface area contributed by atoms with Crippen LogP contribution in [-0.4, -0.2) is 4.98 Å². The Morgan fingerprint density at radius 3 is 2.67 bits per heavy atom. The van der Waals surface area contributed by atoms with E-state index in [1.165, 1.54) is 5.56 Å². The first-order chi connectivity index (χ1) is 11.7. The maximum absolute atomic E-state index is 9.36. The summed E-state index contributed by atoms with van der Waals surface area (Å²) in [5.74, 6) is 0. The van der Waals surface area contributed by atoms with Crippen molar-refractivity contribution in [1.29, 1.82) is 5.26 Å². The number of hydrogen-bond donors (Lipinski definition) is 1. The molecule has 0 aliphatic heterocycles. The molecule has 24 heavy (non-hydrogen) atoms. The highest BCUT2D eigenvalue weighted by Gasteiger charge is 2.17. The zero-order valence-electron chi connectivity index (χ0n) is 13.2. The zero-order chi connectivity index (χ0) is 16.9. The molecule has 0 aliphatic rings. The number of pyridine rings is 1. The predicted molar refractivity (Wildman–Crippen MR) is 97.0 cm³/mol. The molecule has 0 aliphatic carbocycles. The van der Waals surface area contributed by atoms with Crippen LogP contribution >= 0.6 is 11.6 Å². The molecule has 0 fully saturated rings. The summed E-state index contributed by atoms with van der Waals surface area (Å²) in [4.78, 5) is 4.48. The molecule has 4 heteroatoms. The molecule has 3 nitrogen and oxygen atoms in total. The van der Waals surface area contributed by atoms with E-state index in [4.69, 9.17) is 11.6 Å². The van der Waals surface area contributed by atoms with Crippen LogP contribution in [0.3, 0.4) is 0 Å². The van der Waals surface area contributed by atoms with Gasteiger partial charge in [0, 0.05) is 11.2 Å². The van der Waals surface area contributed by atoms with Crippen molar-refractivity contribution in [2.75, 3.05) is 5.32 Å². The number of nitrogens with one attached hydrogen (secondary N) is 1. The van der Waals surface area contributed by atoms with Gasteiger partial charge in [-0.2, -0.15) is 5.26 Å². The average Bonchev–Trinajstić information content (AvgIpc) is 2.60. The molecule has 0 radical (unpaired) electrons. The molecule has 0 saturated carbocycles. The first kappa shape index (κ1) is 16.0. The van der Waals surface area contributed by atoms with Crippen LogP contribution in [0.15, 0.2) is 66.9 Å². The second-order valence-corrected chi connectivity index (χ2v) is 5.98. The van der Waals surface area contributed by atoms with Crippen molar-refractivity contribution >= 4 is 17.3 Å². The standard InChI is InChI=1S/C20H16ClN3/c1-14-5-4-6-15(11-14)20(18-7-2-3-10-23-18)24-19-12-17(21)9-8-16(19)13-22/h2-12,20,24H,1H3. The molecule has 1 N–H and O–H groups in total. The Morgan fingerprint density at radius 1 is 1.08 bits per heavy atom. The number of aromatic nitrogens is 1. The third-order valence-corrected chi connectivity index (χ3v) is 4.00. The molecule has 1 unspecified atom stereocenters. The Hall–Kier alpha value is -2.83. The molecule has 1 heterocycles. The molecular weight excluding hydrogens is 318 g/mol. The molecule has 0 saturated heterocycles. The lowest BCUT2D eigenvalue weighted by Gasteiger charge is -2.21. The van der Waals surface area contributed by atoms with E-state index in [1.807, 2.05) is 24.3 Å². The molecule has 0 spiro atoms. The summed E-state index contributed by atoms with van der Waals surface area (Å²) in [6.07, 6.45) is 1.77. The number of aryl methyl sites for hydroxylation is 1. The Balaban J connectivity index is 2.07. The monoisotopic (exact) mass is 333 g/mol. The van der Waals surface area contributed by atoms with E-state index in [2.05, 4.69) is 41.5 Å². The quantitative estimate of drug-likeness (QED) is 0.721. The minimum absolute atomic E-state index is 0.170. The van der Waals surface area contributed by atoms with Crippen molar-refractivity contribution in [1.82, 2.24) is 4.98 Å². The SMILES string of the molecule is Cc1cccc(C(Nc2cc(Cl)ccc2C#N)c2ccccn2)c1. The van der Waals surface area contributed by atoms with Gasteiger partial charge in [0.1, 0.15) is 6.07 Å². The van der Waals surface area contributed by atoms with Crippen LogP contribution in [0.25, 0.3) is 0 Å². The summed E-state index contributed by atoms with van der Waals surface area (Å²) in [5, 5.41) is 13.4. The Bertz CT molecular complexity index is 885. The molecule has 3 rings (SSSR count). The smallest absolute Gasteiger partial charge is 0.101 e. The summed E-state index contributed by atoms with van der Waals surface area (Å²) in [7, 11) is 0. The van der Waals surface area contributed by atoms with Crippen LogP contribution in [0.4, 0.5) is 5.69 Å². The lowest BCUT2D eigenvalue weighted by Crippen LogP contribution is -2.14. The van der Waals surface area contributed by atoms with E-state index in [9.17, 15) is 5.26 Å². The summed E-state index contributed by atoms with van der Waals surface area (Å²) < 4.78 is 0. The van der Waals surface area contributed by atoms with Crippen LogP contribution in [0.2, 0.25) is 5.02 Å². The number of benzene rings is 2.